The number of carbonyl (C=O) groups is 1. The van der Waals surface area contributed by atoms with Gasteiger partial charge in [-0.15, -0.1) is 0 Å². The lowest BCUT2D eigenvalue weighted by Crippen LogP contribution is -2.44. The molecule has 7 nitrogen and oxygen atoms in total. The Bertz CT molecular complexity index is 818. The van der Waals surface area contributed by atoms with Gasteiger partial charge in [-0.3, -0.25) is 9.59 Å². The molecule has 0 unspecified atom stereocenters. The highest BCUT2D eigenvalue weighted by Crippen LogP contribution is 2.25. The number of aryl methyl sites for hydroxylation is 1. The van der Waals surface area contributed by atoms with Crippen LogP contribution in [0, 0.1) is 6.92 Å². The van der Waals surface area contributed by atoms with E-state index in [1.54, 1.807) is 18.9 Å². The quantitative estimate of drug-likeness (QED) is 0.903. The van der Waals surface area contributed by atoms with Crippen LogP contribution in [0.15, 0.2) is 35.1 Å². The van der Waals surface area contributed by atoms with E-state index >= 15 is 0 Å². The molecule has 1 saturated heterocycles. The molecule has 1 amide bonds. The van der Waals surface area contributed by atoms with E-state index in [0.29, 0.717) is 37.0 Å². The summed E-state index contributed by atoms with van der Waals surface area (Å²) in [6.07, 6.45) is 0.225. The van der Waals surface area contributed by atoms with Crippen LogP contribution < -0.4 is 10.3 Å². The number of carbonyl (C=O) groups excluding carboxylic acids is 1. The molecule has 2 aromatic rings. The number of amides is 1. The van der Waals surface area contributed by atoms with E-state index in [2.05, 4.69) is 9.97 Å². The molecule has 1 aliphatic heterocycles. The van der Waals surface area contributed by atoms with Gasteiger partial charge in [0.15, 0.2) is 0 Å². The molecule has 7 heteroatoms. The van der Waals surface area contributed by atoms with Crippen molar-refractivity contribution in [3.63, 3.8) is 0 Å². The van der Waals surface area contributed by atoms with Gasteiger partial charge < -0.3 is 19.4 Å². The van der Waals surface area contributed by atoms with Gasteiger partial charge in [0.1, 0.15) is 11.6 Å². The third-order valence-electron chi connectivity index (χ3n) is 4.20. The third-order valence-corrected chi connectivity index (χ3v) is 4.20. The summed E-state index contributed by atoms with van der Waals surface area (Å²) in [5.74, 6) is 1.16. The van der Waals surface area contributed by atoms with Crippen LogP contribution in [0.5, 0.6) is 5.75 Å². The van der Waals surface area contributed by atoms with E-state index in [-0.39, 0.29) is 23.9 Å². The normalized spacial score (nSPS) is 17.4. The number of rotatable bonds is 4. The standard InChI is InChI=1S/C18H21N3O4/c1-12-19-14(10-17(22)20-12)15-11-25-8-7-21(15)18(23)9-13-5-3-4-6-16(13)24-2/h3-6,10,15H,7-9,11H2,1-2H3,(H,19,20,22)/t15-/m0/s1. The smallest absolute Gasteiger partial charge is 0.251 e. The molecule has 25 heavy (non-hydrogen) atoms. The number of nitrogens with one attached hydrogen (secondary N) is 1. The number of benzene rings is 1. The Morgan fingerprint density at radius 1 is 1.44 bits per heavy atom. The van der Waals surface area contributed by atoms with Crippen LogP contribution in [0.2, 0.25) is 0 Å². The molecule has 0 saturated carbocycles. The van der Waals surface area contributed by atoms with Gasteiger partial charge in [-0.1, -0.05) is 18.2 Å². The average molecular weight is 343 g/mol. The van der Waals surface area contributed by atoms with Crippen molar-refractivity contribution < 1.29 is 14.3 Å². The summed E-state index contributed by atoms with van der Waals surface area (Å²) in [6.45, 7) is 2.98. The van der Waals surface area contributed by atoms with Crippen molar-refractivity contribution in [1.82, 2.24) is 14.9 Å². The van der Waals surface area contributed by atoms with Crippen LogP contribution in [-0.2, 0) is 16.0 Å². The fourth-order valence-electron chi connectivity index (χ4n) is 3.03. The van der Waals surface area contributed by atoms with E-state index in [9.17, 15) is 9.59 Å². The first-order chi connectivity index (χ1) is 12.1. The molecule has 0 aliphatic carbocycles. The zero-order valence-electron chi connectivity index (χ0n) is 14.3. The number of nitrogens with zero attached hydrogens (tertiary/aromatic N) is 2. The van der Waals surface area contributed by atoms with E-state index in [1.165, 1.54) is 6.07 Å². The molecule has 2 heterocycles. The lowest BCUT2D eigenvalue weighted by Gasteiger charge is -2.35. The minimum atomic E-state index is -0.364. The Balaban J connectivity index is 1.85. The highest BCUT2D eigenvalue weighted by Gasteiger charge is 2.30. The van der Waals surface area contributed by atoms with Gasteiger partial charge in [0, 0.05) is 18.2 Å². The first-order valence-electron chi connectivity index (χ1n) is 8.15. The van der Waals surface area contributed by atoms with Gasteiger partial charge in [0.2, 0.25) is 5.91 Å². The van der Waals surface area contributed by atoms with E-state index in [0.717, 1.165) is 5.56 Å². The lowest BCUT2D eigenvalue weighted by molar-refractivity contribution is -0.139. The Labute approximate surface area is 145 Å². The fraction of sp³-hybridized carbons (Fsp3) is 0.389. The maximum Gasteiger partial charge on any atom is 0.251 e. The molecule has 0 bridgehead atoms. The first kappa shape index (κ1) is 17.2. The Hall–Kier alpha value is -2.67. The Morgan fingerprint density at radius 2 is 2.24 bits per heavy atom. The maximum absolute atomic E-state index is 12.9. The van der Waals surface area contributed by atoms with E-state index in [4.69, 9.17) is 9.47 Å². The van der Waals surface area contributed by atoms with E-state index < -0.39 is 0 Å². The number of aromatic nitrogens is 2. The number of ether oxygens (including phenoxy) is 2. The minimum absolute atomic E-state index is 0.0439. The summed E-state index contributed by atoms with van der Waals surface area (Å²) >= 11 is 0. The molecule has 1 atom stereocenters. The Kier molecular flexibility index (Phi) is 5.14. The second kappa shape index (κ2) is 7.48. The molecule has 1 N–H and O–H groups in total. The van der Waals surface area contributed by atoms with Crippen molar-refractivity contribution in [2.45, 2.75) is 19.4 Å². The molecule has 1 aliphatic rings. The van der Waals surface area contributed by atoms with Crippen LogP contribution >= 0.6 is 0 Å². The number of H-pyrrole nitrogens is 1. The SMILES string of the molecule is COc1ccccc1CC(=O)N1CCOC[C@H]1c1cc(=O)[nH]c(C)n1. The largest absolute Gasteiger partial charge is 0.496 e. The van der Waals surface area contributed by atoms with Crippen molar-refractivity contribution in [1.29, 1.82) is 0 Å². The zero-order chi connectivity index (χ0) is 17.8. The molecule has 0 spiro atoms. The summed E-state index contributed by atoms with van der Waals surface area (Å²) in [6, 6.07) is 8.52. The predicted molar refractivity (Wildman–Crippen MR) is 91.6 cm³/mol. The number of hydrogen-bond acceptors (Lipinski definition) is 5. The average Bonchev–Trinajstić information content (AvgIpc) is 2.61. The molecule has 1 aromatic heterocycles. The molecule has 3 rings (SSSR count). The van der Waals surface area contributed by atoms with Crippen molar-refractivity contribution in [3.8, 4) is 5.75 Å². The van der Waals surface area contributed by atoms with Crippen molar-refractivity contribution in [2.24, 2.45) is 0 Å². The summed E-state index contributed by atoms with van der Waals surface area (Å²) in [7, 11) is 1.59. The second-order valence-corrected chi connectivity index (χ2v) is 5.92. The highest BCUT2D eigenvalue weighted by molar-refractivity contribution is 5.80. The fourth-order valence-corrected chi connectivity index (χ4v) is 3.03. The molecular weight excluding hydrogens is 322 g/mol. The molecule has 1 fully saturated rings. The van der Waals surface area contributed by atoms with Gasteiger partial charge in [-0.2, -0.15) is 0 Å². The zero-order valence-corrected chi connectivity index (χ0v) is 14.3. The van der Waals surface area contributed by atoms with Gasteiger partial charge in [-0.25, -0.2) is 4.98 Å². The van der Waals surface area contributed by atoms with Gasteiger partial charge in [-0.05, 0) is 13.0 Å². The Morgan fingerprint density at radius 3 is 3.00 bits per heavy atom. The topological polar surface area (TPSA) is 84.5 Å². The number of methoxy groups -OCH3 is 1. The van der Waals surface area contributed by atoms with Gasteiger partial charge in [0.05, 0.1) is 38.5 Å². The van der Waals surface area contributed by atoms with Crippen LogP contribution in [0.3, 0.4) is 0 Å². The summed E-state index contributed by atoms with van der Waals surface area (Å²) in [5.41, 5.74) is 1.15. The van der Waals surface area contributed by atoms with Crippen LogP contribution in [0.25, 0.3) is 0 Å². The van der Waals surface area contributed by atoms with Gasteiger partial charge >= 0.3 is 0 Å². The summed E-state index contributed by atoms with van der Waals surface area (Å²) in [4.78, 5) is 33.4. The molecular formula is C18H21N3O4. The number of para-hydroxylation sites is 1. The third kappa shape index (κ3) is 3.88. The highest BCUT2D eigenvalue weighted by atomic mass is 16.5. The lowest BCUT2D eigenvalue weighted by atomic mass is 10.1. The van der Waals surface area contributed by atoms with Crippen molar-refractivity contribution in [3.05, 3.63) is 57.8 Å². The number of aromatic amines is 1. The summed E-state index contributed by atoms with van der Waals surface area (Å²) < 4.78 is 10.8. The van der Waals surface area contributed by atoms with Crippen LogP contribution in [-0.4, -0.2) is 47.6 Å². The molecule has 0 radical (unpaired) electrons. The number of hydrogen-bond donors (Lipinski definition) is 1. The minimum Gasteiger partial charge on any atom is -0.496 e. The van der Waals surface area contributed by atoms with Crippen molar-refractivity contribution in [2.75, 3.05) is 26.9 Å². The molecule has 132 valence electrons. The van der Waals surface area contributed by atoms with Crippen LogP contribution in [0.1, 0.15) is 23.1 Å². The summed E-state index contributed by atoms with van der Waals surface area (Å²) in [5, 5.41) is 0. The molecule has 1 aromatic carbocycles. The predicted octanol–water partition coefficient (Wildman–Crippen LogP) is 1.23. The van der Waals surface area contributed by atoms with Gasteiger partial charge in [0.25, 0.3) is 5.56 Å². The van der Waals surface area contributed by atoms with Crippen LogP contribution in [0.4, 0.5) is 0 Å². The number of morpholine rings is 1. The first-order valence-corrected chi connectivity index (χ1v) is 8.15. The van der Waals surface area contributed by atoms with Crippen molar-refractivity contribution >= 4 is 5.91 Å². The van der Waals surface area contributed by atoms with E-state index in [1.807, 2.05) is 24.3 Å². The second-order valence-electron chi connectivity index (χ2n) is 5.92. The monoisotopic (exact) mass is 343 g/mol. The maximum atomic E-state index is 12.9.